The van der Waals surface area contributed by atoms with Crippen LogP contribution in [0.1, 0.15) is 29.7 Å². The Bertz CT molecular complexity index is 1710. The van der Waals surface area contributed by atoms with Crippen molar-refractivity contribution in [3.63, 3.8) is 0 Å². The lowest BCUT2D eigenvalue weighted by atomic mass is 9.94. The number of aliphatic hydroxyl groups is 1. The Labute approximate surface area is 225 Å². The number of anilines is 1. The molecule has 1 saturated heterocycles. The molecule has 0 spiro atoms. The highest BCUT2D eigenvalue weighted by atomic mass is 32.1. The van der Waals surface area contributed by atoms with Crippen LogP contribution < -0.4 is 14.4 Å². The van der Waals surface area contributed by atoms with Gasteiger partial charge < -0.3 is 14.6 Å². The zero-order chi connectivity index (χ0) is 27.4. The van der Waals surface area contributed by atoms with Crippen molar-refractivity contribution in [3.05, 3.63) is 93.0 Å². The molecule has 0 saturated carbocycles. The van der Waals surface area contributed by atoms with Crippen molar-refractivity contribution in [2.45, 2.75) is 25.5 Å². The van der Waals surface area contributed by atoms with Gasteiger partial charge in [0.05, 0.1) is 33.9 Å². The van der Waals surface area contributed by atoms with Gasteiger partial charge in [0, 0.05) is 24.1 Å². The first-order valence-electron chi connectivity index (χ1n) is 12.0. The molecule has 2 atom stereocenters. The van der Waals surface area contributed by atoms with Crippen molar-refractivity contribution >= 4 is 49.8 Å². The number of hydrogen-bond donors (Lipinski definition) is 1. The quantitative estimate of drug-likeness (QED) is 0.120. The third-order valence-corrected chi connectivity index (χ3v) is 7.84. The van der Waals surface area contributed by atoms with Crippen LogP contribution in [0.15, 0.2) is 66.2 Å². The number of aromatic nitrogens is 1. The number of benzene rings is 3. The molecule has 0 aliphatic carbocycles. The number of amides is 1. The highest BCUT2D eigenvalue weighted by Gasteiger charge is 2.48. The van der Waals surface area contributed by atoms with Crippen LogP contribution in [-0.2, 0) is 16.0 Å². The Hall–Kier alpha value is -4.77. The third-order valence-electron chi connectivity index (χ3n) is 6.82. The summed E-state index contributed by atoms with van der Waals surface area (Å²) in [5.74, 6) is -0.760. The molecule has 10 nitrogen and oxygen atoms in total. The fourth-order valence-electron chi connectivity index (χ4n) is 4.97. The van der Waals surface area contributed by atoms with Crippen molar-refractivity contribution in [1.82, 2.24) is 4.98 Å². The summed E-state index contributed by atoms with van der Waals surface area (Å²) in [6.07, 6.45) is 0.631. The molecule has 4 aromatic rings. The van der Waals surface area contributed by atoms with E-state index in [2.05, 4.69) is 4.98 Å². The fraction of sp³-hybridized carbons (Fsp3) is 0.179. The molecule has 0 radical (unpaired) electrons. The highest BCUT2D eigenvalue weighted by molar-refractivity contribution is 7.22. The summed E-state index contributed by atoms with van der Waals surface area (Å²) in [6, 6.07) is 14.9. The Kier molecular flexibility index (Phi) is 5.80. The molecule has 196 valence electrons. The predicted molar refractivity (Wildman–Crippen MR) is 144 cm³/mol. The van der Waals surface area contributed by atoms with E-state index in [1.54, 1.807) is 43.5 Å². The van der Waals surface area contributed by atoms with Crippen LogP contribution in [0, 0.1) is 10.1 Å². The molecule has 3 heterocycles. The smallest absolute Gasteiger partial charge is 0.301 e. The van der Waals surface area contributed by atoms with E-state index in [1.165, 1.54) is 40.5 Å². The molecule has 2 aliphatic rings. The van der Waals surface area contributed by atoms with Crippen LogP contribution in [0.25, 0.3) is 16.0 Å². The Morgan fingerprint density at radius 3 is 2.64 bits per heavy atom. The monoisotopic (exact) mass is 543 g/mol. The predicted octanol–water partition coefficient (Wildman–Crippen LogP) is 5.16. The van der Waals surface area contributed by atoms with Gasteiger partial charge in [-0.15, -0.1) is 0 Å². The minimum atomic E-state index is -1.06. The second-order valence-electron chi connectivity index (χ2n) is 9.30. The molecule has 2 aliphatic heterocycles. The number of methoxy groups -OCH3 is 1. The number of nitro benzene ring substituents is 1. The van der Waals surface area contributed by atoms with Crippen molar-refractivity contribution in [2.24, 2.45) is 0 Å². The number of fused-ring (bicyclic) bond motifs is 2. The van der Waals surface area contributed by atoms with Crippen molar-refractivity contribution in [3.8, 4) is 11.5 Å². The minimum Gasteiger partial charge on any atom is -0.507 e. The number of hydrogen-bond acceptors (Lipinski definition) is 9. The van der Waals surface area contributed by atoms with E-state index in [4.69, 9.17) is 9.47 Å². The van der Waals surface area contributed by atoms with E-state index < -0.39 is 22.7 Å². The zero-order valence-electron chi connectivity index (χ0n) is 20.8. The fourth-order valence-corrected chi connectivity index (χ4v) is 5.99. The zero-order valence-corrected chi connectivity index (χ0v) is 21.6. The van der Waals surface area contributed by atoms with E-state index in [-0.39, 0.29) is 28.3 Å². The van der Waals surface area contributed by atoms with Gasteiger partial charge >= 0.3 is 5.91 Å². The molecule has 39 heavy (non-hydrogen) atoms. The number of nitro groups is 1. The van der Waals surface area contributed by atoms with Crippen LogP contribution in [0.2, 0.25) is 0 Å². The highest BCUT2D eigenvalue weighted by Crippen LogP contribution is 2.45. The largest absolute Gasteiger partial charge is 0.507 e. The van der Waals surface area contributed by atoms with Crippen LogP contribution in [-0.4, -0.2) is 39.9 Å². The number of non-ortho nitro benzene ring substituents is 1. The lowest BCUT2D eigenvalue weighted by Gasteiger charge is -2.23. The molecule has 1 N–H and O–H groups in total. The second kappa shape index (κ2) is 9.21. The molecular formula is C28H21N3O7S. The van der Waals surface area contributed by atoms with Crippen molar-refractivity contribution < 1.29 is 29.1 Å². The van der Waals surface area contributed by atoms with Gasteiger partial charge in [0.15, 0.2) is 5.13 Å². The van der Waals surface area contributed by atoms with Gasteiger partial charge in [-0.3, -0.25) is 24.6 Å². The Morgan fingerprint density at radius 1 is 1.15 bits per heavy atom. The molecule has 1 amide bonds. The SMILES string of the molecule is COc1ccc2nc(N3C(=O)C(=O)/C(=C(/O)c4ccc5c(c4)C[C@H](C)O5)[C@@H]3c3ccc([N+](=O)[O-])cc3)sc2c1. The maximum Gasteiger partial charge on any atom is 0.301 e. The van der Waals surface area contributed by atoms with E-state index >= 15 is 0 Å². The summed E-state index contributed by atoms with van der Waals surface area (Å²) in [5.41, 5.74) is 2.00. The Morgan fingerprint density at radius 2 is 1.92 bits per heavy atom. The van der Waals surface area contributed by atoms with Crippen molar-refractivity contribution in [1.29, 1.82) is 0 Å². The Balaban J connectivity index is 1.52. The third kappa shape index (κ3) is 4.07. The van der Waals surface area contributed by atoms with Gasteiger partial charge in [-0.1, -0.05) is 11.3 Å². The topological polar surface area (TPSA) is 132 Å². The van der Waals surface area contributed by atoms with Gasteiger partial charge in [0.1, 0.15) is 23.4 Å². The number of carbonyl (C=O) groups is 2. The lowest BCUT2D eigenvalue weighted by Crippen LogP contribution is -2.29. The number of thiazole rings is 1. The molecule has 0 bridgehead atoms. The first kappa shape index (κ1) is 24.6. The molecule has 11 heteroatoms. The minimum absolute atomic E-state index is 0.0132. The number of nitrogens with zero attached hydrogens (tertiary/aromatic N) is 3. The summed E-state index contributed by atoms with van der Waals surface area (Å²) < 4.78 is 11.8. The average molecular weight is 544 g/mol. The van der Waals surface area contributed by atoms with Crippen LogP contribution in [0.5, 0.6) is 11.5 Å². The molecule has 1 aromatic heterocycles. The van der Waals surface area contributed by atoms with Gasteiger partial charge in [0.25, 0.3) is 11.5 Å². The average Bonchev–Trinajstić information content (AvgIpc) is 3.59. The standard InChI is InChI=1S/C28H21N3O7S/c1-14-11-17-12-16(5-10-21(17)38-14)25(32)23-24(15-3-6-18(7-4-15)31(35)36)30(27(34)26(23)33)28-29-20-9-8-19(37-2)13-22(20)39-28/h3-10,12-14,24,32H,11H2,1-2H3/b25-23+/t14-,24-/m0/s1. The number of ether oxygens (including phenoxy) is 2. The normalized spacial score (nSPS) is 19.8. The summed E-state index contributed by atoms with van der Waals surface area (Å²) in [5, 5.41) is 23.0. The number of Topliss-reactive ketones (excluding diaryl/α,β-unsaturated/α-hetero) is 1. The second-order valence-corrected chi connectivity index (χ2v) is 10.3. The number of aliphatic hydroxyl groups excluding tert-OH is 1. The van der Waals surface area contributed by atoms with E-state index in [0.717, 1.165) is 10.3 Å². The first-order chi connectivity index (χ1) is 18.7. The number of rotatable bonds is 5. The van der Waals surface area contributed by atoms with Crippen LogP contribution in [0.3, 0.4) is 0 Å². The van der Waals surface area contributed by atoms with E-state index in [1.807, 2.05) is 6.92 Å². The molecule has 6 rings (SSSR count). The lowest BCUT2D eigenvalue weighted by molar-refractivity contribution is -0.384. The number of ketones is 1. The molecular weight excluding hydrogens is 522 g/mol. The first-order valence-corrected chi connectivity index (χ1v) is 12.9. The van der Waals surface area contributed by atoms with Gasteiger partial charge in [-0.05, 0) is 66.6 Å². The van der Waals surface area contributed by atoms with Crippen LogP contribution in [0.4, 0.5) is 10.8 Å². The summed E-state index contributed by atoms with van der Waals surface area (Å²) >= 11 is 1.20. The summed E-state index contributed by atoms with van der Waals surface area (Å²) in [7, 11) is 1.54. The van der Waals surface area contributed by atoms with Gasteiger partial charge in [-0.2, -0.15) is 0 Å². The molecule has 0 unspecified atom stereocenters. The number of carbonyl (C=O) groups excluding carboxylic acids is 2. The van der Waals surface area contributed by atoms with Gasteiger partial charge in [-0.25, -0.2) is 4.98 Å². The summed E-state index contributed by atoms with van der Waals surface area (Å²) in [6.45, 7) is 1.94. The summed E-state index contributed by atoms with van der Waals surface area (Å²) in [4.78, 5) is 43.5. The van der Waals surface area contributed by atoms with Gasteiger partial charge in [0.2, 0.25) is 0 Å². The molecule has 3 aromatic carbocycles. The van der Waals surface area contributed by atoms with E-state index in [0.29, 0.717) is 34.6 Å². The van der Waals surface area contributed by atoms with Crippen molar-refractivity contribution in [2.75, 3.05) is 12.0 Å². The maximum absolute atomic E-state index is 13.5. The van der Waals surface area contributed by atoms with E-state index in [9.17, 15) is 24.8 Å². The van der Waals surface area contributed by atoms with Crippen LogP contribution >= 0.6 is 11.3 Å². The molecule has 1 fully saturated rings. The maximum atomic E-state index is 13.5.